The van der Waals surface area contributed by atoms with Gasteiger partial charge in [-0.1, -0.05) is 12.1 Å². The molecule has 0 amide bonds. The summed E-state index contributed by atoms with van der Waals surface area (Å²) in [5.74, 6) is -1.87. The van der Waals surface area contributed by atoms with Gasteiger partial charge in [-0.05, 0) is 30.5 Å². The van der Waals surface area contributed by atoms with Gasteiger partial charge in [-0.2, -0.15) is 0 Å². The Kier molecular flexibility index (Phi) is 4.75. The Morgan fingerprint density at radius 2 is 1.91 bits per heavy atom. The molecule has 120 valence electrons. The number of aromatic carboxylic acids is 1. The fraction of sp³-hybridized carbons (Fsp3) is 0.200. The Bertz CT molecular complexity index is 865. The second-order valence-corrected chi connectivity index (χ2v) is 4.76. The largest absolute Gasteiger partial charge is 0.477 e. The van der Waals surface area contributed by atoms with Crippen molar-refractivity contribution in [3.63, 3.8) is 0 Å². The highest BCUT2D eigenvalue weighted by Gasteiger charge is 2.15. The minimum atomic E-state index is -1.38. The first-order valence-corrected chi connectivity index (χ1v) is 6.68. The van der Waals surface area contributed by atoms with Crippen molar-refractivity contribution in [1.29, 1.82) is 0 Å². The maximum atomic E-state index is 11.8. The summed E-state index contributed by atoms with van der Waals surface area (Å²) in [7, 11) is 1.27. The molecule has 0 saturated heterocycles. The van der Waals surface area contributed by atoms with E-state index >= 15 is 0 Å². The lowest BCUT2D eigenvalue weighted by Crippen LogP contribution is -2.30. The number of methoxy groups -OCH3 is 1. The standard InChI is InChI=1S/C15H14N2O6/c1-23-14(21)9-4-2-3-8(7-9)5-6-10-11(13(19)20)16-15(22)17-12(10)18/h2-4,7H,5-6H2,1H3,(H,19,20)(H2,16,17,18,22). The average molecular weight is 318 g/mol. The molecule has 1 aromatic carbocycles. The number of ether oxygens (including phenoxy) is 1. The van der Waals surface area contributed by atoms with Crippen LogP contribution in [0.3, 0.4) is 0 Å². The fourth-order valence-corrected chi connectivity index (χ4v) is 2.17. The number of carbonyl (C=O) groups excluding carboxylic acids is 1. The number of esters is 1. The van der Waals surface area contributed by atoms with Crippen molar-refractivity contribution in [3.05, 3.63) is 67.5 Å². The Morgan fingerprint density at radius 3 is 2.57 bits per heavy atom. The molecule has 1 heterocycles. The van der Waals surface area contributed by atoms with Crippen molar-refractivity contribution in [2.45, 2.75) is 12.8 Å². The predicted molar refractivity (Wildman–Crippen MR) is 79.8 cm³/mol. The van der Waals surface area contributed by atoms with Crippen LogP contribution < -0.4 is 11.2 Å². The zero-order valence-corrected chi connectivity index (χ0v) is 12.2. The van der Waals surface area contributed by atoms with Crippen LogP contribution in [0.4, 0.5) is 0 Å². The van der Waals surface area contributed by atoms with Gasteiger partial charge in [0.05, 0.1) is 12.7 Å². The van der Waals surface area contributed by atoms with Gasteiger partial charge < -0.3 is 14.8 Å². The first kappa shape index (κ1) is 16.2. The molecule has 0 saturated carbocycles. The summed E-state index contributed by atoms with van der Waals surface area (Å²) in [6.07, 6.45) is 0.415. The summed E-state index contributed by atoms with van der Waals surface area (Å²) in [4.78, 5) is 49.7. The lowest BCUT2D eigenvalue weighted by molar-refractivity contribution is 0.0599. The van der Waals surface area contributed by atoms with E-state index in [9.17, 15) is 19.2 Å². The van der Waals surface area contributed by atoms with Crippen LogP contribution >= 0.6 is 0 Å². The van der Waals surface area contributed by atoms with E-state index in [0.29, 0.717) is 12.0 Å². The van der Waals surface area contributed by atoms with Gasteiger partial charge in [-0.25, -0.2) is 14.4 Å². The number of nitrogens with one attached hydrogen (secondary N) is 2. The first-order valence-electron chi connectivity index (χ1n) is 6.68. The maximum Gasteiger partial charge on any atom is 0.352 e. The second-order valence-electron chi connectivity index (χ2n) is 4.76. The van der Waals surface area contributed by atoms with E-state index in [0.717, 1.165) is 5.56 Å². The molecule has 2 rings (SSSR count). The van der Waals surface area contributed by atoms with Crippen molar-refractivity contribution >= 4 is 11.9 Å². The van der Waals surface area contributed by atoms with E-state index in [2.05, 4.69) is 9.72 Å². The summed E-state index contributed by atoms with van der Waals surface area (Å²) < 4.78 is 4.63. The van der Waals surface area contributed by atoms with Gasteiger partial charge in [0.2, 0.25) is 0 Å². The zero-order chi connectivity index (χ0) is 17.0. The van der Waals surface area contributed by atoms with Crippen molar-refractivity contribution in [2.24, 2.45) is 0 Å². The Morgan fingerprint density at radius 1 is 1.17 bits per heavy atom. The summed E-state index contributed by atoms with van der Waals surface area (Å²) in [6, 6.07) is 6.60. The van der Waals surface area contributed by atoms with Crippen LogP contribution in [0.2, 0.25) is 0 Å². The summed E-state index contributed by atoms with van der Waals surface area (Å²) in [6.45, 7) is 0. The van der Waals surface area contributed by atoms with Crippen LogP contribution in [0.25, 0.3) is 0 Å². The molecule has 0 atom stereocenters. The van der Waals surface area contributed by atoms with Crippen LogP contribution in [0, 0.1) is 0 Å². The number of aromatic nitrogens is 2. The van der Waals surface area contributed by atoms with Crippen LogP contribution in [0.5, 0.6) is 0 Å². The van der Waals surface area contributed by atoms with Crippen molar-refractivity contribution in [2.75, 3.05) is 7.11 Å². The quantitative estimate of drug-likeness (QED) is 0.681. The summed E-state index contributed by atoms with van der Waals surface area (Å²) in [5.41, 5.74) is -0.976. The number of benzene rings is 1. The first-order chi connectivity index (χ1) is 10.9. The number of aromatic amines is 2. The van der Waals surface area contributed by atoms with E-state index in [1.54, 1.807) is 24.3 Å². The van der Waals surface area contributed by atoms with Gasteiger partial charge in [-0.3, -0.25) is 9.78 Å². The Hall–Kier alpha value is -3.16. The molecule has 0 bridgehead atoms. The topological polar surface area (TPSA) is 129 Å². The number of H-pyrrole nitrogens is 2. The third kappa shape index (κ3) is 3.73. The van der Waals surface area contributed by atoms with Crippen LogP contribution in [0.1, 0.15) is 32.0 Å². The third-order valence-electron chi connectivity index (χ3n) is 3.27. The lowest BCUT2D eigenvalue weighted by atomic mass is 10.0. The lowest BCUT2D eigenvalue weighted by Gasteiger charge is -2.06. The van der Waals surface area contributed by atoms with E-state index in [1.807, 2.05) is 4.98 Å². The molecule has 0 fully saturated rings. The molecule has 1 aromatic heterocycles. The van der Waals surface area contributed by atoms with Crippen molar-refractivity contribution in [3.8, 4) is 0 Å². The van der Waals surface area contributed by atoms with Crippen molar-refractivity contribution in [1.82, 2.24) is 9.97 Å². The number of rotatable bonds is 5. The van der Waals surface area contributed by atoms with Gasteiger partial charge in [0.15, 0.2) is 0 Å². The van der Waals surface area contributed by atoms with Crippen LogP contribution in [-0.2, 0) is 17.6 Å². The fourth-order valence-electron chi connectivity index (χ4n) is 2.17. The van der Waals surface area contributed by atoms with Gasteiger partial charge in [0.25, 0.3) is 5.56 Å². The molecular formula is C15H14N2O6. The van der Waals surface area contributed by atoms with Crippen LogP contribution in [0.15, 0.2) is 33.9 Å². The Labute approximate surface area is 129 Å². The number of carboxylic acids is 1. The molecule has 0 aliphatic carbocycles. The average Bonchev–Trinajstić information content (AvgIpc) is 2.52. The van der Waals surface area contributed by atoms with E-state index in [4.69, 9.17) is 5.11 Å². The highest BCUT2D eigenvalue weighted by atomic mass is 16.5. The van der Waals surface area contributed by atoms with E-state index < -0.39 is 28.9 Å². The smallest absolute Gasteiger partial charge is 0.352 e. The zero-order valence-electron chi connectivity index (χ0n) is 12.2. The molecule has 0 unspecified atom stereocenters. The maximum absolute atomic E-state index is 11.8. The number of carboxylic acid groups (broad SMARTS) is 1. The molecule has 0 aliphatic heterocycles. The molecule has 8 nitrogen and oxygen atoms in total. The monoisotopic (exact) mass is 318 g/mol. The molecule has 23 heavy (non-hydrogen) atoms. The molecule has 2 aromatic rings. The molecular weight excluding hydrogens is 304 g/mol. The van der Waals surface area contributed by atoms with Gasteiger partial charge in [-0.15, -0.1) is 0 Å². The normalized spacial score (nSPS) is 10.3. The molecule has 0 spiro atoms. The Balaban J connectivity index is 2.28. The number of aryl methyl sites for hydroxylation is 1. The molecule has 0 radical (unpaired) electrons. The highest BCUT2D eigenvalue weighted by molar-refractivity contribution is 5.89. The SMILES string of the molecule is COC(=O)c1cccc(CCc2c(C(=O)O)[nH]c(=O)[nH]c2=O)c1. The summed E-state index contributed by atoms with van der Waals surface area (Å²) >= 11 is 0. The second kappa shape index (κ2) is 6.73. The minimum Gasteiger partial charge on any atom is -0.477 e. The van der Waals surface area contributed by atoms with E-state index in [-0.39, 0.29) is 12.0 Å². The highest BCUT2D eigenvalue weighted by Crippen LogP contribution is 2.10. The molecule has 3 N–H and O–H groups in total. The number of hydrogen-bond acceptors (Lipinski definition) is 5. The minimum absolute atomic E-state index is 0.0272. The number of hydrogen-bond donors (Lipinski definition) is 3. The van der Waals surface area contributed by atoms with Crippen LogP contribution in [-0.4, -0.2) is 34.1 Å². The van der Waals surface area contributed by atoms with E-state index in [1.165, 1.54) is 7.11 Å². The van der Waals surface area contributed by atoms with Gasteiger partial charge >= 0.3 is 17.6 Å². The molecule has 0 aliphatic rings. The van der Waals surface area contributed by atoms with Gasteiger partial charge in [0, 0.05) is 5.56 Å². The van der Waals surface area contributed by atoms with Crippen molar-refractivity contribution < 1.29 is 19.4 Å². The predicted octanol–water partition coefficient (Wildman–Crippen LogP) is 0.333. The third-order valence-corrected chi connectivity index (χ3v) is 3.27. The molecule has 8 heteroatoms. The number of carbonyl (C=O) groups is 2. The summed E-state index contributed by atoms with van der Waals surface area (Å²) in [5, 5.41) is 9.08. The van der Waals surface area contributed by atoms with Gasteiger partial charge in [0.1, 0.15) is 5.69 Å².